The minimum absolute atomic E-state index is 0.105. The molecule has 1 aromatic heterocycles. The van der Waals surface area contributed by atoms with Gasteiger partial charge in [-0.05, 0) is 108 Å². The standard InChI is InChI=1S/C82H60BN3/c1-82(2,3)70-44-22-19-37-63(70)61-48-50-76-72(52-61)83-71-51-60(55-27-9-4-10-28-55)47-49-75(71)85(80-64(56-29-11-5-12-30-56)40-25-41-65(80)57-31-13-6-14-32-57)77-53-62(84-73-45-23-20-38-68(73)69-39-21-24-46-74(69)84)54-78(79(77)83)86(76)81-66(58-33-15-7-16-34-58)42-26-43-67(81)59-35-17-8-18-36-59/h4-54H,1-3H3. The number of benzene rings is 13. The van der Waals surface area contributed by atoms with E-state index in [1.165, 1.54) is 55.0 Å². The number of rotatable bonds is 9. The maximum Gasteiger partial charge on any atom is 0.252 e. The van der Waals surface area contributed by atoms with Crippen molar-refractivity contribution in [3.05, 3.63) is 315 Å². The average molecular weight is 1100 g/mol. The minimum atomic E-state index is -0.219. The Morgan fingerprint density at radius 1 is 0.279 bits per heavy atom. The maximum absolute atomic E-state index is 2.66. The summed E-state index contributed by atoms with van der Waals surface area (Å²) in [6.45, 7) is 6.79. The van der Waals surface area contributed by atoms with Crippen molar-refractivity contribution in [1.82, 2.24) is 4.57 Å². The van der Waals surface area contributed by atoms with Crippen LogP contribution in [0.1, 0.15) is 26.3 Å². The monoisotopic (exact) mass is 1100 g/mol. The molecule has 0 unspecified atom stereocenters. The summed E-state index contributed by atoms with van der Waals surface area (Å²) in [6, 6.07) is 115. The van der Waals surface area contributed by atoms with Crippen LogP contribution in [-0.2, 0) is 5.41 Å². The Bertz CT molecular complexity index is 4720. The van der Waals surface area contributed by atoms with Crippen LogP contribution in [0.4, 0.5) is 34.1 Å². The number of hydrogen-bond acceptors (Lipinski definition) is 2. The second-order valence-electron chi connectivity index (χ2n) is 23.9. The van der Waals surface area contributed by atoms with E-state index in [1.54, 1.807) is 0 Å². The van der Waals surface area contributed by atoms with Crippen molar-refractivity contribution < 1.29 is 0 Å². The van der Waals surface area contributed by atoms with Crippen LogP contribution in [0.25, 0.3) is 94.3 Å². The van der Waals surface area contributed by atoms with Crippen LogP contribution in [0.15, 0.2) is 309 Å². The normalized spacial score (nSPS) is 12.5. The first-order valence-electron chi connectivity index (χ1n) is 30.0. The topological polar surface area (TPSA) is 11.4 Å². The van der Waals surface area contributed by atoms with E-state index >= 15 is 0 Å². The molecule has 0 aliphatic carbocycles. The van der Waals surface area contributed by atoms with Gasteiger partial charge in [0.25, 0.3) is 6.71 Å². The Hall–Kier alpha value is -10.7. The van der Waals surface area contributed by atoms with Crippen molar-refractivity contribution in [3.63, 3.8) is 0 Å². The lowest BCUT2D eigenvalue weighted by molar-refractivity contribution is 0.592. The van der Waals surface area contributed by atoms with E-state index in [0.717, 1.165) is 95.4 Å². The van der Waals surface area contributed by atoms with Gasteiger partial charge in [0.1, 0.15) is 0 Å². The van der Waals surface area contributed by atoms with Gasteiger partial charge >= 0.3 is 0 Å². The fraction of sp³-hybridized carbons (Fsp3) is 0.0488. The van der Waals surface area contributed by atoms with Gasteiger partial charge < -0.3 is 14.4 Å². The molecule has 0 saturated carbocycles. The van der Waals surface area contributed by atoms with Crippen LogP contribution in [0.5, 0.6) is 0 Å². The molecule has 3 heterocycles. The summed E-state index contributed by atoms with van der Waals surface area (Å²) in [7, 11) is 0. The largest absolute Gasteiger partial charge is 0.310 e. The molecule has 13 aromatic carbocycles. The molecule has 0 radical (unpaired) electrons. The molecule has 3 nitrogen and oxygen atoms in total. The van der Waals surface area contributed by atoms with Gasteiger partial charge in [0.05, 0.1) is 28.1 Å². The van der Waals surface area contributed by atoms with E-state index in [0.29, 0.717) is 0 Å². The van der Waals surface area contributed by atoms with E-state index in [9.17, 15) is 0 Å². The van der Waals surface area contributed by atoms with Crippen LogP contribution < -0.4 is 26.2 Å². The molecule has 0 atom stereocenters. The molecule has 0 N–H and O–H groups in total. The van der Waals surface area contributed by atoms with Gasteiger partial charge in [-0.3, -0.25) is 0 Å². The highest BCUT2D eigenvalue weighted by Gasteiger charge is 2.46. The summed E-state index contributed by atoms with van der Waals surface area (Å²) < 4.78 is 2.52. The van der Waals surface area contributed by atoms with Crippen molar-refractivity contribution in [3.8, 4) is 72.4 Å². The number of para-hydroxylation sites is 4. The molecule has 0 spiro atoms. The summed E-state index contributed by atoms with van der Waals surface area (Å²) in [4.78, 5) is 5.32. The lowest BCUT2D eigenvalue weighted by Crippen LogP contribution is -2.61. The third-order valence-corrected chi connectivity index (χ3v) is 17.9. The molecule has 0 bridgehead atoms. The molecule has 86 heavy (non-hydrogen) atoms. The van der Waals surface area contributed by atoms with Crippen molar-refractivity contribution in [2.24, 2.45) is 0 Å². The molecule has 2 aliphatic heterocycles. The Labute approximate surface area is 504 Å². The van der Waals surface area contributed by atoms with E-state index < -0.39 is 0 Å². The summed E-state index contributed by atoms with van der Waals surface area (Å²) in [6.07, 6.45) is 0. The predicted molar refractivity (Wildman–Crippen MR) is 366 cm³/mol. The highest BCUT2D eigenvalue weighted by Crippen LogP contribution is 2.54. The van der Waals surface area contributed by atoms with Crippen LogP contribution in [0.2, 0.25) is 0 Å². The summed E-state index contributed by atoms with van der Waals surface area (Å²) >= 11 is 0. The van der Waals surface area contributed by atoms with Gasteiger partial charge in [-0.15, -0.1) is 0 Å². The number of anilines is 6. The zero-order valence-electron chi connectivity index (χ0n) is 48.4. The van der Waals surface area contributed by atoms with Crippen molar-refractivity contribution in [1.29, 1.82) is 0 Å². The van der Waals surface area contributed by atoms with E-state index in [-0.39, 0.29) is 12.1 Å². The van der Waals surface area contributed by atoms with Crippen molar-refractivity contribution in [2.45, 2.75) is 26.2 Å². The Balaban J connectivity index is 1.12. The molecule has 0 saturated heterocycles. The zero-order chi connectivity index (χ0) is 57.5. The fourth-order valence-corrected chi connectivity index (χ4v) is 14.1. The van der Waals surface area contributed by atoms with Crippen LogP contribution >= 0.6 is 0 Å². The number of hydrogen-bond donors (Lipinski definition) is 0. The fourth-order valence-electron chi connectivity index (χ4n) is 14.1. The highest BCUT2D eigenvalue weighted by molar-refractivity contribution is 7.00. The third-order valence-electron chi connectivity index (χ3n) is 17.9. The van der Waals surface area contributed by atoms with Crippen LogP contribution in [0.3, 0.4) is 0 Å². The lowest BCUT2D eigenvalue weighted by Gasteiger charge is -2.46. The van der Waals surface area contributed by atoms with Gasteiger partial charge in [0.2, 0.25) is 0 Å². The van der Waals surface area contributed by atoms with E-state index in [4.69, 9.17) is 0 Å². The molecule has 0 amide bonds. The molecule has 0 fully saturated rings. The molecular weight excluding hydrogens is 1040 g/mol. The smallest absolute Gasteiger partial charge is 0.252 e. The van der Waals surface area contributed by atoms with Crippen LogP contribution in [-0.4, -0.2) is 11.3 Å². The van der Waals surface area contributed by atoms with Crippen molar-refractivity contribution in [2.75, 3.05) is 9.80 Å². The first-order valence-corrected chi connectivity index (χ1v) is 30.0. The Morgan fingerprint density at radius 3 is 1.08 bits per heavy atom. The maximum atomic E-state index is 2.66. The van der Waals surface area contributed by atoms with E-state index in [1.807, 2.05) is 0 Å². The molecule has 14 aromatic rings. The van der Waals surface area contributed by atoms with E-state index in [2.05, 4.69) is 345 Å². The number of nitrogens with zero attached hydrogens (tertiary/aromatic N) is 3. The third kappa shape index (κ3) is 8.35. The summed E-state index contributed by atoms with van der Waals surface area (Å²) in [5.74, 6) is 0. The SMILES string of the molecule is CC(C)(C)c1ccccc1-c1ccc2c(c1)B1c3cc(-c4ccccc4)ccc3N(c3c(-c4ccccc4)cccc3-c3ccccc3)c3cc(-n4c5ccccc5c5ccccc54)cc(c31)N2c1c(-c2ccccc2)cccc1-c1ccccc1. The molecule has 2 aliphatic rings. The summed E-state index contributed by atoms with van der Waals surface area (Å²) in [5.41, 5.74) is 29.1. The van der Waals surface area contributed by atoms with Crippen molar-refractivity contribution >= 4 is 79.0 Å². The van der Waals surface area contributed by atoms with Gasteiger partial charge in [0, 0.05) is 55.8 Å². The van der Waals surface area contributed by atoms with Gasteiger partial charge in [-0.25, -0.2) is 0 Å². The second kappa shape index (κ2) is 20.6. The predicted octanol–water partition coefficient (Wildman–Crippen LogP) is 20.2. The second-order valence-corrected chi connectivity index (χ2v) is 23.9. The Morgan fingerprint density at radius 2 is 0.640 bits per heavy atom. The number of fused-ring (bicyclic) bond motifs is 7. The van der Waals surface area contributed by atoms with Crippen LogP contribution in [0, 0.1) is 0 Å². The first-order chi connectivity index (χ1) is 42.4. The first kappa shape index (κ1) is 51.0. The molecular formula is C82H60BN3. The summed E-state index contributed by atoms with van der Waals surface area (Å²) in [5, 5.41) is 2.43. The minimum Gasteiger partial charge on any atom is -0.310 e. The Kier molecular flexibility index (Phi) is 12.2. The molecule has 16 rings (SSSR count). The lowest BCUT2D eigenvalue weighted by atomic mass is 9.33. The average Bonchev–Trinajstić information content (AvgIpc) is 0.753. The number of aromatic nitrogens is 1. The highest BCUT2D eigenvalue weighted by atomic mass is 15.2. The molecule has 406 valence electrons. The van der Waals surface area contributed by atoms with Gasteiger partial charge in [0.15, 0.2) is 0 Å². The quantitative estimate of drug-likeness (QED) is 0.133. The zero-order valence-corrected chi connectivity index (χ0v) is 48.4. The van der Waals surface area contributed by atoms with Gasteiger partial charge in [-0.1, -0.05) is 294 Å². The van der Waals surface area contributed by atoms with Gasteiger partial charge in [-0.2, -0.15) is 0 Å². The molecule has 4 heteroatoms.